The summed E-state index contributed by atoms with van der Waals surface area (Å²) in [5.74, 6) is -0.285. The lowest BCUT2D eigenvalue weighted by atomic mass is 9.99. The van der Waals surface area contributed by atoms with Crippen molar-refractivity contribution in [1.82, 2.24) is 0 Å². The summed E-state index contributed by atoms with van der Waals surface area (Å²) in [6.07, 6.45) is 39.6. The molecule has 0 aliphatic rings. The monoisotopic (exact) mass is 935 g/mol. The van der Waals surface area contributed by atoms with Crippen LogP contribution in [0.1, 0.15) is 175 Å². The lowest BCUT2D eigenvalue weighted by Crippen LogP contribution is -2.30. The Morgan fingerprint density at radius 1 is 0.587 bits per heavy atom. The fraction of sp³-hybridized carbons (Fsp3) is 0.745. The van der Waals surface area contributed by atoms with E-state index in [-0.39, 0.29) is 12.8 Å². The number of phosphoric acid groups is 2. The van der Waals surface area contributed by atoms with Gasteiger partial charge in [0.05, 0.1) is 25.9 Å². The van der Waals surface area contributed by atoms with E-state index in [2.05, 4.69) is 42.0 Å². The number of esters is 2. The molecule has 0 saturated carbocycles. The second-order valence-corrected chi connectivity index (χ2v) is 18.8. The third kappa shape index (κ3) is 44.8. The van der Waals surface area contributed by atoms with Gasteiger partial charge in [-0.25, -0.2) is 9.13 Å². The van der Waals surface area contributed by atoms with E-state index in [1.165, 1.54) is 70.6 Å². The minimum atomic E-state index is -4.88. The molecule has 0 aromatic rings. The van der Waals surface area contributed by atoms with Gasteiger partial charge in [0.25, 0.3) is 0 Å². The Labute approximate surface area is 379 Å². The number of aliphatic hydroxyl groups excluding tert-OH is 2. The summed E-state index contributed by atoms with van der Waals surface area (Å²) in [4.78, 5) is 52.8. The number of hydrogen-bond acceptors (Lipinski definition) is 11. The number of phosphoric ester groups is 2. The summed E-state index contributed by atoms with van der Waals surface area (Å²) in [6, 6.07) is 0. The van der Waals surface area contributed by atoms with E-state index in [4.69, 9.17) is 23.8 Å². The van der Waals surface area contributed by atoms with Crippen molar-refractivity contribution in [3.8, 4) is 0 Å². The minimum Gasteiger partial charge on any atom is -0.462 e. The number of allylic oxidation sites excluding steroid dienone is 8. The summed E-state index contributed by atoms with van der Waals surface area (Å²) < 4.78 is 47.8. The van der Waals surface area contributed by atoms with Crippen LogP contribution in [0.2, 0.25) is 0 Å². The number of ether oxygens (including phenoxy) is 2. The lowest BCUT2D eigenvalue weighted by Gasteiger charge is -2.20. The first-order valence-electron chi connectivity index (χ1n) is 23.5. The molecule has 0 aliphatic carbocycles. The number of rotatable bonds is 43. The van der Waals surface area contributed by atoms with Gasteiger partial charge in [-0.05, 0) is 50.9 Å². The Morgan fingerprint density at radius 3 is 1.75 bits per heavy atom. The molecule has 16 heteroatoms. The third-order valence-corrected chi connectivity index (χ3v) is 11.5. The van der Waals surface area contributed by atoms with Crippen LogP contribution in [0.5, 0.6) is 0 Å². The minimum absolute atomic E-state index is 0.0839. The fourth-order valence-corrected chi connectivity index (χ4v) is 7.25. The molecule has 0 amide bonds. The Bertz CT molecular complexity index is 1380. The van der Waals surface area contributed by atoms with Gasteiger partial charge >= 0.3 is 27.6 Å². The number of unbranched alkanes of at least 4 members (excludes halogenated alkanes) is 14. The molecule has 0 radical (unpaired) electrons. The molecule has 5 atom stereocenters. The van der Waals surface area contributed by atoms with Gasteiger partial charge in [-0.15, -0.1) is 0 Å². The molecule has 0 saturated heterocycles. The van der Waals surface area contributed by atoms with Crippen LogP contribution in [0.15, 0.2) is 60.8 Å². The number of hydrogen-bond donors (Lipinski definition) is 5. The summed E-state index contributed by atoms with van der Waals surface area (Å²) >= 11 is 0. The average Bonchev–Trinajstić information content (AvgIpc) is 3.24. The first kappa shape index (κ1) is 60.8. The molecule has 0 bridgehead atoms. The quantitative estimate of drug-likeness (QED) is 0.0126. The predicted octanol–water partition coefficient (Wildman–Crippen LogP) is 11.2. The summed E-state index contributed by atoms with van der Waals surface area (Å²) in [5, 5.41) is 19.8. The van der Waals surface area contributed by atoms with Crippen LogP contribution in [0.25, 0.3) is 0 Å². The van der Waals surface area contributed by atoms with Crippen molar-refractivity contribution in [2.45, 2.75) is 193 Å². The molecule has 0 fully saturated rings. The zero-order valence-corrected chi connectivity index (χ0v) is 40.5. The largest absolute Gasteiger partial charge is 0.472 e. The van der Waals surface area contributed by atoms with E-state index in [9.17, 15) is 33.8 Å². The number of carbonyl (C=O) groups is 2. The second kappa shape index (κ2) is 41.2. The van der Waals surface area contributed by atoms with E-state index < -0.39 is 72.3 Å². The molecule has 0 rings (SSSR count). The lowest BCUT2D eigenvalue weighted by molar-refractivity contribution is -0.161. The molecule has 3 unspecified atom stereocenters. The van der Waals surface area contributed by atoms with Gasteiger partial charge in [-0.1, -0.05) is 178 Å². The maximum atomic E-state index is 12.7. The fourth-order valence-electron chi connectivity index (χ4n) is 6.09. The normalized spacial score (nSPS) is 15.5. The Morgan fingerprint density at radius 2 is 1.13 bits per heavy atom. The van der Waals surface area contributed by atoms with Gasteiger partial charge in [0.15, 0.2) is 6.10 Å². The van der Waals surface area contributed by atoms with Gasteiger partial charge in [0.1, 0.15) is 12.7 Å². The van der Waals surface area contributed by atoms with Crippen LogP contribution in [0.3, 0.4) is 0 Å². The molecule has 0 aliphatic heterocycles. The van der Waals surface area contributed by atoms with E-state index in [0.29, 0.717) is 32.1 Å². The predicted molar refractivity (Wildman–Crippen MR) is 250 cm³/mol. The summed E-state index contributed by atoms with van der Waals surface area (Å²) in [6.45, 7) is 3.86. The van der Waals surface area contributed by atoms with Crippen LogP contribution in [0.4, 0.5) is 0 Å². The molecule has 0 heterocycles. The van der Waals surface area contributed by atoms with Crippen LogP contribution in [-0.4, -0.2) is 81.6 Å². The SMILES string of the molecule is CC/C=C\C/C=C\CC(O)/C=C/C=C\C/C=C\CCCC(=O)OC[C@H](COP(=O)(O)OC[C@@H](O)COP(=O)(O)O)OC(=O)CCCCCCCCCCCCCCCCC(C)CC. The smallest absolute Gasteiger partial charge is 0.462 e. The van der Waals surface area contributed by atoms with Crippen LogP contribution in [-0.2, 0) is 41.8 Å². The molecule has 0 aromatic carbocycles. The molecule has 14 nitrogen and oxygen atoms in total. The highest BCUT2D eigenvalue weighted by Gasteiger charge is 2.28. The molecule has 0 spiro atoms. The van der Waals surface area contributed by atoms with Crippen LogP contribution < -0.4 is 0 Å². The van der Waals surface area contributed by atoms with Gasteiger partial charge in [0.2, 0.25) is 0 Å². The second-order valence-electron chi connectivity index (χ2n) is 16.1. The molecule has 366 valence electrons. The average molecular weight is 935 g/mol. The zero-order valence-electron chi connectivity index (χ0n) is 38.7. The van der Waals surface area contributed by atoms with E-state index in [0.717, 1.165) is 44.4 Å². The van der Waals surface area contributed by atoms with Gasteiger partial charge in [0, 0.05) is 12.8 Å². The zero-order chi connectivity index (χ0) is 46.9. The van der Waals surface area contributed by atoms with Crippen molar-refractivity contribution in [2.24, 2.45) is 5.92 Å². The maximum Gasteiger partial charge on any atom is 0.472 e. The van der Waals surface area contributed by atoms with Gasteiger partial charge < -0.3 is 34.4 Å². The van der Waals surface area contributed by atoms with Crippen molar-refractivity contribution >= 4 is 27.6 Å². The third-order valence-electron chi connectivity index (χ3n) is 10.0. The summed E-state index contributed by atoms with van der Waals surface area (Å²) in [5.41, 5.74) is 0. The summed E-state index contributed by atoms with van der Waals surface area (Å²) in [7, 11) is -9.72. The van der Waals surface area contributed by atoms with Crippen molar-refractivity contribution < 1.29 is 66.7 Å². The van der Waals surface area contributed by atoms with Crippen molar-refractivity contribution in [3.63, 3.8) is 0 Å². The Kier molecular flexibility index (Phi) is 39.8. The highest BCUT2D eigenvalue weighted by Crippen LogP contribution is 2.43. The highest BCUT2D eigenvalue weighted by molar-refractivity contribution is 7.47. The van der Waals surface area contributed by atoms with E-state index >= 15 is 0 Å². The first-order chi connectivity index (χ1) is 30.2. The van der Waals surface area contributed by atoms with Crippen molar-refractivity contribution in [1.29, 1.82) is 0 Å². The van der Waals surface area contributed by atoms with Gasteiger partial charge in [-0.2, -0.15) is 0 Å². The van der Waals surface area contributed by atoms with E-state index in [1.54, 1.807) is 6.08 Å². The Balaban J connectivity index is 4.61. The topological polar surface area (TPSA) is 216 Å². The molecular formula is C47H84O14P2. The molecule has 63 heavy (non-hydrogen) atoms. The standard InChI is InChI=1S/C47H84O14P2/c1-4-6-7-8-24-29-34-43(48)35-30-25-20-17-18-21-26-31-36-46(50)57-40-45(41-60-63(55,56)59-39-44(49)38-58-62(52,53)54)61-47(51)37-32-27-22-16-14-12-10-9-11-13-15-19-23-28-33-42(3)5-2/h6-7,18,20-21,24-25,29-30,35,42-45,48-49H,4-5,8-17,19,22-23,26-28,31-34,36-41H2,1-3H3,(H,55,56)(H2,52,53,54)/b7-6-,21-18-,25-20-,29-24-,35-30+/t42?,43?,44-,45+/m0/s1. The van der Waals surface area contributed by atoms with Gasteiger partial charge in [-0.3, -0.25) is 23.2 Å². The number of aliphatic hydroxyl groups is 2. The molecular weight excluding hydrogens is 850 g/mol. The van der Waals surface area contributed by atoms with E-state index in [1.807, 2.05) is 42.5 Å². The van der Waals surface area contributed by atoms with Crippen molar-refractivity contribution in [3.05, 3.63) is 60.8 Å². The molecule has 5 N–H and O–H groups in total. The van der Waals surface area contributed by atoms with Crippen molar-refractivity contribution in [2.75, 3.05) is 26.4 Å². The van der Waals surface area contributed by atoms with Crippen LogP contribution >= 0.6 is 15.6 Å². The maximum absolute atomic E-state index is 12.7. The first-order valence-corrected chi connectivity index (χ1v) is 26.5. The van der Waals surface area contributed by atoms with Crippen LogP contribution in [0, 0.1) is 5.92 Å². The number of carbonyl (C=O) groups excluding carboxylic acids is 2. The molecule has 0 aromatic heterocycles. The Hall–Kier alpha value is -2.22. The highest BCUT2D eigenvalue weighted by atomic mass is 31.2.